The van der Waals surface area contributed by atoms with E-state index in [1.807, 2.05) is 38.1 Å². The van der Waals surface area contributed by atoms with Crippen LogP contribution in [0.2, 0.25) is 0 Å². The molecule has 0 atom stereocenters. The number of benzene rings is 1. The molecule has 0 spiro atoms. The molecule has 132 valence electrons. The number of anilines is 1. The molecular formula is C19H24N4O2. The van der Waals surface area contributed by atoms with E-state index in [0.29, 0.717) is 29.9 Å². The number of nitrogen functional groups attached to an aromatic ring is 1. The summed E-state index contributed by atoms with van der Waals surface area (Å²) < 4.78 is 0. The summed E-state index contributed by atoms with van der Waals surface area (Å²) >= 11 is 0. The Morgan fingerprint density at radius 2 is 1.88 bits per heavy atom. The number of pyridine rings is 1. The average molecular weight is 340 g/mol. The molecule has 0 aliphatic heterocycles. The van der Waals surface area contributed by atoms with E-state index in [9.17, 15) is 9.59 Å². The Morgan fingerprint density at radius 3 is 2.56 bits per heavy atom. The largest absolute Gasteiger partial charge is 0.384 e. The van der Waals surface area contributed by atoms with E-state index in [2.05, 4.69) is 15.6 Å². The minimum Gasteiger partial charge on any atom is -0.384 e. The van der Waals surface area contributed by atoms with Crippen molar-refractivity contribution in [1.82, 2.24) is 15.6 Å². The molecule has 4 N–H and O–H groups in total. The van der Waals surface area contributed by atoms with Gasteiger partial charge >= 0.3 is 0 Å². The van der Waals surface area contributed by atoms with E-state index in [1.165, 1.54) is 0 Å². The number of rotatable bonds is 6. The van der Waals surface area contributed by atoms with E-state index in [0.717, 1.165) is 5.56 Å². The van der Waals surface area contributed by atoms with Crippen molar-refractivity contribution in [2.75, 3.05) is 12.8 Å². The summed E-state index contributed by atoms with van der Waals surface area (Å²) in [5.74, 6) is 0.201. The molecule has 0 radical (unpaired) electrons. The highest BCUT2D eigenvalue weighted by Crippen LogP contribution is 2.20. The molecule has 1 aromatic carbocycles. The first-order chi connectivity index (χ1) is 11.8. The maximum absolute atomic E-state index is 12.6. The molecule has 0 saturated carbocycles. The summed E-state index contributed by atoms with van der Waals surface area (Å²) in [6.07, 6.45) is 0.909. The topological polar surface area (TPSA) is 97.1 Å². The van der Waals surface area contributed by atoms with E-state index in [4.69, 9.17) is 5.73 Å². The Kier molecular flexibility index (Phi) is 5.75. The molecule has 0 fully saturated rings. The second-order valence-electron chi connectivity index (χ2n) is 6.54. The number of amides is 2. The van der Waals surface area contributed by atoms with Gasteiger partial charge in [-0.2, -0.15) is 0 Å². The van der Waals surface area contributed by atoms with Crippen LogP contribution in [-0.4, -0.2) is 29.4 Å². The number of nitrogens with zero attached hydrogens (tertiary/aromatic N) is 1. The molecule has 0 bridgehead atoms. The SMILES string of the molecule is CNC(=O)CCC(C)(C)NC(=O)c1cccc(-c2cccc(N)n2)c1. The van der Waals surface area contributed by atoms with Crippen molar-refractivity contribution >= 4 is 17.6 Å². The van der Waals surface area contributed by atoms with Crippen molar-refractivity contribution in [3.05, 3.63) is 48.0 Å². The second kappa shape index (κ2) is 7.79. The molecule has 6 heteroatoms. The van der Waals surface area contributed by atoms with Crippen molar-refractivity contribution in [3.63, 3.8) is 0 Å². The van der Waals surface area contributed by atoms with Crippen LogP contribution in [0.25, 0.3) is 11.3 Å². The van der Waals surface area contributed by atoms with Crippen LogP contribution in [0.4, 0.5) is 5.82 Å². The summed E-state index contributed by atoms with van der Waals surface area (Å²) in [6, 6.07) is 12.6. The fourth-order valence-electron chi connectivity index (χ4n) is 2.43. The van der Waals surface area contributed by atoms with Crippen LogP contribution in [0.3, 0.4) is 0 Å². The fraction of sp³-hybridized carbons (Fsp3) is 0.316. The first kappa shape index (κ1) is 18.4. The summed E-state index contributed by atoms with van der Waals surface area (Å²) in [5, 5.41) is 5.56. The quantitative estimate of drug-likeness (QED) is 0.752. The zero-order chi connectivity index (χ0) is 18.4. The van der Waals surface area contributed by atoms with E-state index in [-0.39, 0.29) is 11.8 Å². The van der Waals surface area contributed by atoms with Gasteiger partial charge in [-0.1, -0.05) is 18.2 Å². The van der Waals surface area contributed by atoms with Crippen LogP contribution in [0.5, 0.6) is 0 Å². The van der Waals surface area contributed by atoms with E-state index >= 15 is 0 Å². The summed E-state index contributed by atoms with van der Waals surface area (Å²) in [4.78, 5) is 28.2. The predicted molar refractivity (Wildman–Crippen MR) is 98.9 cm³/mol. The van der Waals surface area contributed by atoms with Crippen LogP contribution >= 0.6 is 0 Å². The Hall–Kier alpha value is -2.89. The van der Waals surface area contributed by atoms with Crippen molar-refractivity contribution < 1.29 is 9.59 Å². The Morgan fingerprint density at radius 1 is 1.16 bits per heavy atom. The monoisotopic (exact) mass is 340 g/mol. The highest BCUT2D eigenvalue weighted by atomic mass is 16.2. The van der Waals surface area contributed by atoms with Gasteiger partial charge in [0.25, 0.3) is 5.91 Å². The van der Waals surface area contributed by atoms with Gasteiger partial charge in [0.15, 0.2) is 0 Å². The van der Waals surface area contributed by atoms with Gasteiger partial charge in [-0.15, -0.1) is 0 Å². The molecule has 0 aliphatic carbocycles. The van der Waals surface area contributed by atoms with Crippen molar-refractivity contribution in [3.8, 4) is 11.3 Å². The number of carbonyl (C=O) groups is 2. The molecule has 6 nitrogen and oxygen atoms in total. The smallest absolute Gasteiger partial charge is 0.251 e. The molecule has 0 saturated heterocycles. The number of hydrogen-bond acceptors (Lipinski definition) is 4. The molecule has 2 rings (SSSR count). The van der Waals surface area contributed by atoms with E-state index in [1.54, 1.807) is 25.2 Å². The Bertz CT molecular complexity index is 772. The van der Waals surface area contributed by atoms with Crippen LogP contribution < -0.4 is 16.4 Å². The zero-order valence-corrected chi connectivity index (χ0v) is 14.8. The van der Waals surface area contributed by atoms with Crippen molar-refractivity contribution in [2.45, 2.75) is 32.2 Å². The standard InChI is InChI=1S/C19H24N4O2/c1-19(2,11-10-17(24)21-3)23-18(25)14-7-4-6-13(12-14)15-8-5-9-16(20)22-15/h4-9,12H,10-11H2,1-3H3,(H2,20,22)(H,21,24)(H,23,25). The zero-order valence-electron chi connectivity index (χ0n) is 14.8. The van der Waals surface area contributed by atoms with Gasteiger partial charge in [0.05, 0.1) is 5.69 Å². The third-order valence-corrected chi connectivity index (χ3v) is 3.90. The van der Waals surface area contributed by atoms with Gasteiger partial charge in [-0.05, 0) is 44.5 Å². The highest BCUT2D eigenvalue weighted by molar-refractivity contribution is 5.95. The van der Waals surface area contributed by atoms with Gasteiger partial charge in [-0.3, -0.25) is 9.59 Å². The number of aromatic nitrogens is 1. The van der Waals surface area contributed by atoms with Gasteiger partial charge in [0, 0.05) is 30.1 Å². The summed E-state index contributed by atoms with van der Waals surface area (Å²) in [7, 11) is 1.60. The lowest BCUT2D eigenvalue weighted by atomic mass is 9.97. The van der Waals surface area contributed by atoms with Crippen LogP contribution in [0, 0.1) is 0 Å². The molecular weight excluding hydrogens is 316 g/mol. The minimum atomic E-state index is -0.491. The number of carbonyl (C=O) groups excluding carboxylic acids is 2. The summed E-state index contributed by atoms with van der Waals surface area (Å²) in [6.45, 7) is 3.80. The maximum atomic E-state index is 12.6. The molecule has 0 aliphatic rings. The number of hydrogen-bond donors (Lipinski definition) is 3. The lowest BCUT2D eigenvalue weighted by Gasteiger charge is -2.26. The van der Waals surface area contributed by atoms with Crippen molar-refractivity contribution in [2.24, 2.45) is 0 Å². The van der Waals surface area contributed by atoms with E-state index < -0.39 is 5.54 Å². The third kappa shape index (κ3) is 5.31. The lowest BCUT2D eigenvalue weighted by molar-refractivity contribution is -0.121. The normalized spacial score (nSPS) is 11.0. The molecule has 1 aromatic heterocycles. The number of nitrogens with one attached hydrogen (secondary N) is 2. The molecule has 1 heterocycles. The Balaban J connectivity index is 2.12. The molecule has 25 heavy (non-hydrogen) atoms. The molecule has 2 aromatic rings. The maximum Gasteiger partial charge on any atom is 0.251 e. The van der Waals surface area contributed by atoms with Crippen LogP contribution in [0.1, 0.15) is 37.0 Å². The van der Waals surface area contributed by atoms with Gasteiger partial charge in [-0.25, -0.2) is 4.98 Å². The first-order valence-electron chi connectivity index (χ1n) is 8.17. The lowest BCUT2D eigenvalue weighted by Crippen LogP contribution is -2.44. The second-order valence-corrected chi connectivity index (χ2v) is 6.54. The third-order valence-electron chi connectivity index (χ3n) is 3.90. The average Bonchev–Trinajstić information content (AvgIpc) is 2.59. The van der Waals surface area contributed by atoms with Gasteiger partial charge in [0.1, 0.15) is 5.82 Å². The minimum absolute atomic E-state index is 0.0444. The van der Waals surface area contributed by atoms with Crippen LogP contribution in [0.15, 0.2) is 42.5 Å². The predicted octanol–water partition coefficient (Wildman–Crippen LogP) is 2.37. The van der Waals surface area contributed by atoms with Crippen LogP contribution in [-0.2, 0) is 4.79 Å². The van der Waals surface area contributed by atoms with Crippen molar-refractivity contribution in [1.29, 1.82) is 0 Å². The van der Waals surface area contributed by atoms with Gasteiger partial charge in [0.2, 0.25) is 5.91 Å². The highest BCUT2D eigenvalue weighted by Gasteiger charge is 2.22. The fourth-order valence-corrected chi connectivity index (χ4v) is 2.43. The first-order valence-corrected chi connectivity index (χ1v) is 8.17. The summed E-state index contributed by atoms with van der Waals surface area (Å²) in [5.41, 5.74) is 7.31. The molecule has 0 unspecified atom stereocenters. The number of nitrogens with two attached hydrogens (primary N) is 1. The Labute approximate surface area is 147 Å². The molecule has 2 amide bonds. The van der Waals surface area contributed by atoms with Gasteiger partial charge < -0.3 is 16.4 Å².